The number of piperidine rings is 1. The van der Waals surface area contributed by atoms with E-state index in [0.29, 0.717) is 13.1 Å². The number of rotatable bonds is 5. The Balaban J connectivity index is 1.22. The van der Waals surface area contributed by atoms with Gasteiger partial charge in [0, 0.05) is 67.1 Å². The fourth-order valence-electron chi connectivity index (χ4n) is 5.84. The first-order valence-electron chi connectivity index (χ1n) is 13.3. The van der Waals surface area contributed by atoms with Crippen LogP contribution in [0.15, 0.2) is 54.9 Å². The van der Waals surface area contributed by atoms with Gasteiger partial charge in [0.2, 0.25) is 0 Å². The zero-order valence-corrected chi connectivity index (χ0v) is 21.1. The molecule has 7 rings (SSSR count). The highest BCUT2D eigenvalue weighted by atomic mass is 19.3. The normalized spacial score (nSPS) is 18.1. The van der Waals surface area contributed by atoms with Gasteiger partial charge in [-0.2, -0.15) is 5.10 Å². The molecule has 38 heavy (non-hydrogen) atoms. The van der Waals surface area contributed by atoms with Crippen LogP contribution < -0.4 is 4.90 Å². The average molecular weight is 514 g/mol. The van der Waals surface area contributed by atoms with Gasteiger partial charge in [-0.05, 0) is 61.2 Å². The number of hydrogen-bond acceptors (Lipinski definition) is 5. The van der Waals surface area contributed by atoms with E-state index in [1.54, 1.807) is 17.3 Å². The smallest absolute Gasteiger partial charge is 0.261 e. The Morgan fingerprint density at radius 2 is 1.84 bits per heavy atom. The van der Waals surface area contributed by atoms with Crippen LogP contribution in [0.25, 0.3) is 44.6 Å². The lowest BCUT2D eigenvalue weighted by Gasteiger charge is -2.29. The van der Waals surface area contributed by atoms with Crippen molar-refractivity contribution in [1.82, 2.24) is 30.0 Å². The molecule has 0 spiro atoms. The van der Waals surface area contributed by atoms with Crippen LogP contribution in [0.1, 0.15) is 31.2 Å². The number of likely N-dealkylation sites (tertiary alicyclic amines) is 1. The van der Waals surface area contributed by atoms with Crippen LogP contribution in [0.2, 0.25) is 0 Å². The van der Waals surface area contributed by atoms with Crippen molar-refractivity contribution >= 4 is 27.6 Å². The Kier molecular flexibility index (Phi) is 5.61. The number of benzene rings is 1. The molecule has 0 aliphatic carbocycles. The standard InChI is InChI=1S/C29H29F2N7/c30-29(31)9-12-37(18-29)17-19-13-20(16-32-15-19)22-7-8-24-27(34-22)28(36-35-24)25-14-21-23(33-25)5-4-6-26(21)38-10-2-1-3-11-38/h4-8,13-16,33H,1-3,9-12,17-18H2,(H,35,36). The molecule has 5 aromatic rings. The fraction of sp³-hybridized carbons (Fsp3) is 0.345. The van der Waals surface area contributed by atoms with E-state index in [1.165, 1.54) is 30.3 Å². The van der Waals surface area contributed by atoms with Gasteiger partial charge in [0.1, 0.15) is 11.2 Å². The lowest BCUT2D eigenvalue weighted by atomic mass is 10.1. The number of aromatic amines is 2. The molecule has 9 heteroatoms. The second-order valence-corrected chi connectivity index (χ2v) is 10.5. The number of aromatic nitrogens is 5. The molecule has 2 saturated heterocycles. The molecule has 2 aliphatic rings. The van der Waals surface area contributed by atoms with Crippen LogP contribution in [-0.4, -0.2) is 62.2 Å². The maximum absolute atomic E-state index is 13.6. The lowest BCUT2D eigenvalue weighted by Crippen LogP contribution is -2.29. The molecule has 2 fully saturated rings. The third-order valence-electron chi connectivity index (χ3n) is 7.75. The molecule has 0 atom stereocenters. The van der Waals surface area contributed by atoms with E-state index in [1.807, 2.05) is 18.2 Å². The lowest BCUT2D eigenvalue weighted by molar-refractivity contribution is 0.0115. The monoisotopic (exact) mass is 513 g/mol. The van der Waals surface area contributed by atoms with Crippen molar-refractivity contribution in [3.8, 4) is 22.6 Å². The van der Waals surface area contributed by atoms with E-state index < -0.39 is 5.92 Å². The van der Waals surface area contributed by atoms with Gasteiger partial charge in [-0.1, -0.05) is 6.07 Å². The zero-order chi connectivity index (χ0) is 25.7. The number of anilines is 1. The summed E-state index contributed by atoms with van der Waals surface area (Å²) in [6, 6.07) is 14.5. The minimum Gasteiger partial charge on any atom is -0.371 e. The van der Waals surface area contributed by atoms with Gasteiger partial charge in [-0.15, -0.1) is 0 Å². The Morgan fingerprint density at radius 1 is 0.947 bits per heavy atom. The van der Waals surface area contributed by atoms with Gasteiger partial charge in [0.25, 0.3) is 5.92 Å². The summed E-state index contributed by atoms with van der Waals surface area (Å²) in [5.41, 5.74) is 8.18. The van der Waals surface area contributed by atoms with Crippen molar-refractivity contribution in [2.75, 3.05) is 31.1 Å². The third-order valence-corrected chi connectivity index (χ3v) is 7.75. The van der Waals surface area contributed by atoms with Crippen molar-refractivity contribution in [1.29, 1.82) is 0 Å². The topological polar surface area (TPSA) is 76.7 Å². The zero-order valence-electron chi connectivity index (χ0n) is 21.1. The summed E-state index contributed by atoms with van der Waals surface area (Å²) < 4.78 is 27.3. The van der Waals surface area contributed by atoms with E-state index in [2.05, 4.69) is 49.3 Å². The first-order valence-corrected chi connectivity index (χ1v) is 13.3. The molecule has 2 N–H and O–H groups in total. The number of H-pyrrole nitrogens is 2. The van der Waals surface area contributed by atoms with E-state index >= 15 is 0 Å². The van der Waals surface area contributed by atoms with E-state index in [9.17, 15) is 8.78 Å². The summed E-state index contributed by atoms with van der Waals surface area (Å²) in [7, 11) is 0. The summed E-state index contributed by atoms with van der Waals surface area (Å²) >= 11 is 0. The maximum atomic E-state index is 13.6. The first-order chi connectivity index (χ1) is 18.5. The van der Waals surface area contributed by atoms with Crippen LogP contribution in [0.5, 0.6) is 0 Å². The predicted octanol–water partition coefficient (Wildman–Crippen LogP) is 6.00. The van der Waals surface area contributed by atoms with Crippen molar-refractivity contribution in [3.05, 3.63) is 60.4 Å². The number of halogens is 2. The average Bonchev–Trinajstić information content (AvgIpc) is 3.64. The van der Waals surface area contributed by atoms with Crippen molar-refractivity contribution < 1.29 is 8.78 Å². The molecule has 0 bridgehead atoms. The summed E-state index contributed by atoms with van der Waals surface area (Å²) in [5, 5.41) is 8.93. The molecule has 7 nitrogen and oxygen atoms in total. The highest BCUT2D eigenvalue weighted by Crippen LogP contribution is 2.35. The minimum atomic E-state index is -2.60. The van der Waals surface area contributed by atoms with E-state index in [0.717, 1.165) is 57.8 Å². The number of fused-ring (bicyclic) bond motifs is 2. The molecule has 194 valence electrons. The largest absolute Gasteiger partial charge is 0.371 e. The predicted molar refractivity (Wildman–Crippen MR) is 145 cm³/mol. The molecule has 0 unspecified atom stereocenters. The highest BCUT2D eigenvalue weighted by molar-refractivity contribution is 5.99. The summed E-state index contributed by atoms with van der Waals surface area (Å²) in [6.07, 6.45) is 7.17. The number of nitrogens with zero attached hydrogens (tertiary/aromatic N) is 5. The quantitative estimate of drug-likeness (QED) is 0.302. The van der Waals surface area contributed by atoms with Gasteiger partial charge >= 0.3 is 0 Å². The Morgan fingerprint density at radius 3 is 2.68 bits per heavy atom. The summed E-state index contributed by atoms with van der Waals surface area (Å²) in [6.45, 7) is 2.81. The summed E-state index contributed by atoms with van der Waals surface area (Å²) in [5.74, 6) is -2.60. The number of pyridine rings is 2. The van der Waals surface area contributed by atoms with Crippen LogP contribution in [-0.2, 0) is 6.54 Å². The van der Waals surface area contributed by atoms with Crippen molar-refractivity contribution in [3.63, 3.8) is 0 Å². The molecule has 6 heterocycles. The second-order valence-electron chi connectivity index (χ2n) is 10.5. The Hall–Kier alpha value is -3.85. The molecular formula is C29H29F2N7. The van der Waals surface area contributed by atoms with Crippen molar-refractivity contribution in [2.45, 2.75) is 38.2 Å². The SMILES string of the molecule is FC1(F)CCN(Cc2cncc(-c3ccc4[nH]nc(-c5cc6c(N7CCCCC7)cccc6[nH]5)c4n3)c2)C1. The van der Waals surface area contributed by atoms with Crippen molar-refractivity contribution in [2.24, 2.45) is 0 Å². The minimum absolute atomic E-state index is 0.0884. The first kappa shape index (κ1) is 23.3. The van der Waals surface area contributed by atoms with Gasteiger partial charge in [-0.3, -0.25) is 15.0 Å². The number of nitrogens with one attached hydrogen (secondary N) is 2. The molecular weight excluding hydrogens is 484 g/mol. The van der Waals surface area contributed by atoms with Crippen LogP contribution in [0, 0.1) is 0 Å². The Bertz CT molecular complexity index is 1620. The summed E-state index contributed by atoms with van der Waals surface area (Å²) in [4.78, 5) is 17.2. The molecule has 0 saturated carbocycles. The highest BCUT2D eigenvalue weighted by Gasteiger charge is 2.37. The van der Waals surface area contributed by atoms with Crippen LogP contribution >= 0.6 is 0 Å². The van der Waals surface area contributed by atoms with Gasteiger partial charge < -0.3 is 9.88 Å². The second kappa shape index (κ2) is 9.16. The van der Waals surface area contributed by atoms with Crippen LogP contribution in [0.4, 0.5) is 14.5 Å². The maximum Gasteiger partial charge on any atom is 0.261 e. The third kappa shape index (κ3) is 4.30. The fourth-order valence-corrected chi connectivity index (χ4v) is 5.84. The van der Waals surface area contributed by atoms with Gasteiger partial charge in [0.05, 0.1) is 23.4 Å². The molecule has 2 aliphatic heterocycles. The van der Waals surface area contributed by atoms with E-state index in [-0.39, 0.29) is 13.0 Å². The van der Waals surface area contributed by atoms with Crippen LogP contribution in [0.3, 0.4) is 0 Å². The molecule has 0 amide bonds. The Labute approximate surface area is 218 Å². The van der Waals surface area contributed by atoms with E-state index in [4.69, 9.17) is 4.98 Å². The number of alkyl halides is 2. The molecule has 0 radical (unpaired) electrons. The molecule has 1 aromatic carbocycles. The van der Waals surface area contributed by atoms with Gasteiger partial charge in [-0.25, -0.2) is 13.8 Å². The molecule has 4 aromatic heterocycles. The number of hydrogen-bond donors (Lipinski definition) is 2. The van der Waals surface area contributed by atoms with Gasteiger partial charge in [0.15, 0.2) is 0 Å².